The number of hydrogen-bond acceptors (Lipinski definition) is 2. The molecule has 6 heteroatoms. The SMILES string of the molecule is CC(C)N(C(=N)N)C(=O)c1ccc2[nH]ccc2c1.Cl. The fraction of sp³-hybridized carbons (Fsp3) is 0.231. The predicted octanol–water partition coefficient (Wildman–Crippen LogP) is 2.33. The normalized spacial score (nSPS) is 10.3. The molecule has 0 bridgehead atoms. The highest BCUT2D eigenvalue weighted by Gasteiger charge is 2.21. The number of halogens is 1. The van der Waals surface area contributed by atoms with Gasteiger partial charge in [0.1, 0.15) is 0 Å². The lowest BCUT2D eigenvalue weighted by atomic mass is 10.1. The first-order valence-electron chi connectivity index (χ1n) is 5.75. The third-order valence-electron chi connectivity index (χ3n) is 2.79. The fourth-order valence-electron chi connectivity index (χ4n) is 1.95. The van der Waals surface area contributed by atoms with Crippen molar-refractivity contribution in [1.29, 1.82) is 5.41 Å². The van der Waals surface area contributed by atoms with Crippen molar-refractivity contribution in [2.24, 2.45) is 5.73 Å². The standard InChI is InChI=1S/C13H16N4O.ClH/c1-8(2)17(13(14)15)12(18)10-3-4-11-9(7-10)5-6-16-11;/h3-8,16H,1-2H3,(H3,14,15);1H. The zero-order chi connectivity index (χ0) is 13.3. The van der Waals surface area contributed by atoms with Gasteiger partial charge in [-0.25, -0.2) is 0 Å². The second-order valence-corrected chi connectivity index (χ2v) is 4.43. The number of nitrogens with one attached hydrogen (secondary N) is 2. The number of fused-ring (bicyclic) bond motifs is 1. The highest BCUT2D eigenvalue weighted by atomic mass is 35.5. The first-order valence-corrected chi connectivity index (χ1v) is 5.75. The Labute approximate surface area is 117 Å². The molecule has 1 amide bonds. The molecule has 102 valence electrons. The smallest absolute Gasteiger partial charge is 0.260 e. The summed E-state index contributed by atoms with van der Waals surface area (Å²) in [6, 6.07) is 7.14. The second kappa shape index (κ2) is 5.75. The summed E-state index contributed by atoms with van der Waals surface area (Å²) in [7, 11) is 0. The van der Waals surface area contributed by atoms with Crippen LogP contribution in [-0.2, 0) is 0 Å². The first kappa shape index (κ1) is 15.0. The van der Waals surface area contributed by atoms with Crippen LogP contribution in [0.4, 0.5) is 0 Å². The maximum absolute atomic E-state index is 12.3. The summed E-state index contributed by atoms with van der Waals surface area (Å²) in [6.07, 6.45) is 1.82. The van der Waals surface area contributed by atoms with Crippen LogP contribution in [0.3, 0.4) is 0 Å². The molecular weight excluding hydrogens is 264 g/mol. The monoisotopic (exact) mass is 280 g/mol. The van der Waals surface area contributed by atoms with Crippen LogP contribution in [0.15, 0.2) is 30.5 Å². The Morgan fingerprint density at radius 2 is 2.05 bits per heavy atom. The number of carbonyl (C=O) groups excluding carboxylic acids is 1. The highest BCUT2D eigenvalue weighted by Crippen LogP contribution is 2.16. The van der Waals surface area contributed by atoms with E-state index in [1.165, 1.54) is 4.90 Å². The van der Waals surface area contributed by atoms with Gasteiger partial charge in [0, 0.05) is 28.7 Å². The van der Waals surface area contributed by atoms with E-state index in [0.29, 0.717) is 5.56 Å². The molecule has 1 aromatic heterocycles. The van der Waals surface area contributed by atoms with Crippen molar-refractivity contribution in [1.82, 2.24) is 9.88 Å². The zero-order valence-corrected chi connectivity index (χ0v) is 11.6. The number of guanidine groups is 1. The van der Waals surface area contributed by atoms with Crippen molar-refractivity contribution >= 4 is 35.2 Å². The van der Waals surface area contributed by atoms with Gasteiger partial charge in [-0.15, -0.1) is 12.4 Å². The quantitative estimate of drug-likeness (QED) is 0.582. The molecule has 0 aliphatic heterocycles. The Kier molecular flexibility index (Phi) is 4.56. The summed E-state index contributed by atoms with van der Waals surface area (Å²) in [5.41, 5.74) is 6.96. The van der Waals surface area contributed by atoms with Crippen LogP contribution in [0.2, 0.25) is 0 Å². The lowest BCUT2D eigenvalue weighted by molar-refractivity contribution is 0.0816. The Hall–Kier alpha value is -2.01. The van der Waals surface area contributed by atoms with Crippen LogP contribution in [0.5, 0.6) is 0 Å². The van der Waals surface area contributed by atoms with Crippen molar-refractivity contribution in [2.45, 2.75) is 19.9 Å². The van der Waals surface area contributed by atoms with Crippen molar-refractivity contribution in [3.05, 3.63) is 36.0 Å². The fourth-order valence-corrected chi connectivity index (χ4v) is 1.95. The maximum Gasteiger partial charge on any atom is 0.260 e. The van der Waals surface area contributed by atoms with Crippen LogP contribution in [-0.4, -0.2) is 27.8 Å². The Balaban J connectivity index is 0.00000180. The topological polar surface area (TPSA) is 86.0 Å². The average molecular weight is 281 g/mol. The summed E-state index contributed by atoms with van der Waals surface area (Å²) in [6.45, 7) is 3.66. The number of rotatable bonds is 2. The summed E-state index contributed by atoms with van der Waals surface area (Å²) in [5.74, 6) is -0.482. The van der Waals surface area contributed by atoms with Crippen LogP contribution in [0, 0.1) is 5.41 Å². The predicted molar refractivity (Wildman–Crippen MR) is 78.8 cm³/mol. The van der Waals surface area contributed by atoms with Gasteiger partial charge in [-0.05, 0) is 38.1 Å². The average Bonchev–Trinajstić information content (AvgIpc) is 2.74. The number of aromatic nitrogens is 1. The van der Waals surface area contributed by atoms with Gasteiger partial charge in [0.15, 0.2) is 5.96 Å². The minimum Gasteiger partial charge on any atom is -0.370 e. The number of nitrogens with two attached hydrogens (primary N) is 1. The van der Waals surface area contributed by atoms with Gasteiger partial charge in [-0.1, -0.05) is 0 Å². The van der Waals surface area contributed by atoms with Crippen LogP contribution < -0.4 is 5.73 Å². The molecule has 0 atom stereocenters. The molecule has 2 rings (SSSR count). The zero-order valence-electron chi connectivity index (χ0n) is 10.8. The Bertz CT molecular complexity index is 605. The lowest BCUT2D eigenvalue weighted by Crippen LogP contribution is -2.45. The van der Waals surface area contributed by atoms with Crippen LogP contribution in [0.25, 0.3) is 10.9 Å². The van der Waals surface area contributed by atoms with E-state index in [1.807, 2.05) is 32.2 Å². The van der Waals surface area contributed by atoms with E-state index in [4.69, 9.17) is 11.1 Å². The van der Waals surface area contributed by atoms with E-state index in [1.54, 1.807) is 12.1 Å². The second-order valence-electron chi connectivity index (χ2n) is 4.43. The molecule has 0 unspecified atom stereocenters. The highest BCUT2D eigenvalue weighted by molar-refractivity contribution is 6.06. The van der Waals surface area contributed by atoms with Crippen LogP contribution >= 0.6 is 12.4 Å². The van der Waals surface area contributed by atoms with Gasteiger partial charge in [0.05, 0.1) is 0 Å². The molecule has 1 heterocycles. The molecule has 5 nitrogen and oxygen atoms in total. The number of hydrogen-bond donors (Lipinski definition) is 3. The van der Waals surface area contributed by atoms with Crippen molar-refractivity contribution < 1.29 is 4.79 Å². The molecular formula is C13H17ClN4O. The molecule has 2 aromatic rings. The van der Waals surface area contributed by atoms with Gasteiger partial charge in [0.25, 0.3) is 5.91 Å². The number of amides is 1. The Morgan fingerprint density at radius 3 is 2.63 bits per heavy atom. The summed E-state index contributed by atoms with van der Waals surface area (Å²) < 4.78 is 0. The van der Waals surface area contributed by atoms with Gasteiger partial charge in [0.2, 0.25) is 0 Å². The van der Waals surface area contributed by atoms with E-state index >= 15 is 0 Å². The molecule has 19 heavy (non-hydrogen) atoms. The van der Waals surface area contributed by atoms with E-state index in [0.717, 1.165) is 10.9 Å². The third-order valence-corrected chi connectivity index (χ3v) is 2.79. The van der Waals surface area contributed by atoms with E-state index < -0.39 is 0 Å². The summed E-state index contributed by atoms with van der Waals surface area (Å²) >= 11 is 0. The third kappa shape index (κ3) is 2.88. The largest absolute Gasteiger partial charge is 0.370 e. The summed E-state index contributed by atoms with van der Waals surface area (Å²) in [5, 5.41) is 8.44. The summed E-state index contributed by atoms with van der Waals surface area (Å²) in [4.78, 5) is 16.6. The van der Waals surface area contributed by atoms with Gasteiger partial charge < -0.3 is 10.7 Å². The van der Waals surface area contributed by atoms with Crippen LogP contribution in [0.1, 0.15) is 24.2 Å². The van der Waals surface area contributed by atoms with E-state index in [9.17, 15) is 4.79 Å². The molecule has 0 aliphatic rings. The minimum atomic E-state index is -0.249. The van der Waals surface area contributed by atoms with Crippen molar-refractivity contribution in [2.75, 3.05) is 0 Å². The molecule has 0 spiro atoms. The first-order chi connectivity index (χ1) is 8.50. The Morgan fingerprint density at radius 1 is 1.37 bits per heavy atom. The van der Waals surface area contributed by atoms with E-state index in [-0.39, 0.29) is 30.3 Å². The minimum absolute atomic E-state index is 0. The molecule has 0 fully saturated rings. The number of benzene rings is 1. The van der Waals surface area contributed by atoms with Gasteiger partial charge >= 0.3 is 0 Å². The van der Waals surface area contributed by atoms with Gasteiger partial charge in [-0.2, -0.15) is 0 Å². The van der Waals surface area contributed by atoms with E-state index in [2.05, 4.69) is 4.98 Å². The number of aromatic amines is 1. The molecule has 4 N–H and O–H groups in total. The maximum atomic E-state index is 12.3. The molecule has 0 aliphatic carbocycles. The number of H-pyrrole nitrogens is 1. The molecule has 0 saturated carbocycles. The number of nitrogens with zero attached hydrogens (tertiary/aromatic N) is 1. The number of carbonyl (C=O) groups is 1. The van der Waals surface area contributed by atoms with Gasteiger partial charge in [-0.3, -0.25) is 15.1 Å². The van der Waals surface area contributed by atoms with Crippen molar-refractivity contribution in [3.8, 4) is 0 Å². The molecule has 0 radical (unpaired) electrons. The molecule has 1 aromatic carbocycles. The van der Waals surface area contributed by atoms with Crippen molar-refractivity contribution in [3.63, 3.8) is 0 Å². The molecule has 0 saturated heterocycles. The lowest BCUT2D eigenvalue weighted by Gasteiger charge is -2.24.